The molecule has 2 atom stereocenters. The number of alkyl carbamates (subject to hydrolysis) is 1. The maximum Gasteiger partial charge on any atom is 0.407 e. The van der Waals surface area contributed by atoms with Gasteiger partial charge in [0.2, 0.25) is 0 Å². The van der Waals surface area contributed by atoms with Crippen molar-refractivity contribution < 1.29 is 28.7 Å². The Balaban J connectivity index is 1.89. The fourth-order valence-electron chi connectivity index (χ4n) is 7.95. The molecule has 2 aliphatic carbocycles. The predicted octanol–water partition coefficient (Wildman–Crippen LogP) is 10.0. The Labute approximate surface area is 403 Å². The van der Waals surface area contributed by atoms with E-state index < -0.39 is 18.3 Å². The molecule has 0 saturated carbocycles. The maximum atomic E-state index is 13.3. The minimum Gasteiger partial charge on any atom is -0.454 e. The SMILES string of the molecule is CC1=C(/C=C/C(C)=C/C=C/C(C)=C/C=C/C=C(C)/C=C/C=C(C)/C=C/C2=C(C)C(=O)C(OC(=O)NCCCNCCCCN)CC2(C)C)C(C)(C)CC(OC(=O)CCCNCCCCN)C1=O. The van der Waals surface area contributed by atoms with Gasteiger partial charge in [0, 0.05) is 25.8 Å². The number of allylic oxidation sites excluding steroid dienone is 20. The van der Waals surface area contributed by atoms with E-state index in [-0.39, 0.29) is 34.8 Å². The van der Waals surface area contributed by atoms with Crippen LogP contribution < -0.4 is 27.4 Å². The zero-order valence-corrected chi connectivity index (χ0v) is 42.7. The summed E-state index contributed by atoms with van der Waals surface area (Å²) >= 11 is 0. The fraction of sp³-hybridized carbons (Fsp3) is 0.536. The van der Waals surface area contributed by atoms with Crippen molar-refractivity contribution in [3.63, 3.8) is 0 Å². The van der Waals surface area contributed by atoms with Crippen molar-refractivity contribution in [1.82, 2.24) is 16.0 Å². The van der Waals surface area contributed by atoms with E-state index in [9.17, 15) is 19.2 Å². The van der Waals surface area contributed by atoms with Crippen LogP contribution in [0.2, 0.25) is 0 Å². The topological polar surface area (TPSA) is 175 Å². The van der Waals surface area contributed by atoms with Gasteiger partial charge in [0.25, 0.3) is 0 Å². The van der Waals surface area contributed by atoms with E-state index in [1.165, 1.54) is 0 Å². The van der Waals surface area contributed by atoms with Crippen LogP contribution in [0.25, 0.3) is 0 Å². The highest BCUT2D eigenvalue weighted by molar-refractivity contribution is 6.02. The second kappa shape index (κ2) is 31.2. The summed E-state index contributed by atoms with van der Waals surface area (Å²) in [5, 5.41) is 9.42. The quantitative estimate of drug-likeness (QED) is 0.0289. The number of hydrogen-bond acceptors (Lipinski definition) is 10. The van der Waals surface area contributed by atoms with Gasteiger partial charge in [-0.3, -0.25) is 14.4 Å². The van der Waals surface area contributed by atoms with E-state index in [1.807, 2.05) is 108 Å². The number of carbonyl (C=O) groups excluding carboxylic acids is 4. The van der Waals surface area contributed by atoms with Crippen LogP contribution in [-0.2, 0) is 23.9 Å². The number of rotatable bonds is 28. The normalized spacial score (nSPS) is 19.9. The van der Waals surface area contributed by atoms with Crippen LogP contribution >= 0.6 is 0 Å². The van der Waals surface area contributed by atoms with Gasteiger partial charge in [0.15, 0.2) is 23.8 Å². The minimum absolute atomic E-state index is 0.122. The highest BCUT2D eigenvalue weighted by Gasteiger charge is 2.41. The molecule has 0 aromatic rings. The smallest absolute Gasteiger partial charge is 0.407 e. The standard InChI is InChI=1S/C56H85N5O6/c1-41(23-17-25-43(3)28-30-47-45(5)52(63)49(39-55(47,7)8)66-51(62)27-19-36-59-34-15-13-32-57)21-11-12-22-42(2)24-18-26-44(4)29-31-48-46(6)53(64)50(40-56(48,9)10)67-54(65)61-38-20-37-60-35-16-14-33-58/h11-12,17-18,21-26,28-31,49-50,59-60H,13-16,19-20,27,32-40,57-58H2,1-10H3,(H,61,65)/b12-11+,23-17+,24-18+,30-28+,31-29+,41-21+,42-22+,43-25+,44-26+. The zero-order chi connectivity index (χ0) is 49.8. The summed E-state index contributed by atoms with van der Waals surface area (Å²) < 4.78 is 11.3. The Morgan fingerprint density at radius 2 is 0.970 bits per heavy atom. The number of ketones is 2. The minimum atomic E-state index is -0.809. The molecule has 1 amide bonds. The number of amides is 1. The van der Waals surface area contributed by atoms with Crippen molar-refractivity contribution in [2.24, 2.45) is 22.3 Å². The Kier molecular flexibility index (Phi) is 27.1. The van der Waals surface area contributed by atoms with Gasteiger partial charge in [0.1, 0.15) is 0 Å². The summed E-state index contributed by atoms with van der Waals surface area (Å²) in [6.07, 6.45) is 32.9. The fourth-order valence-corrected chi connectivity index (χ4v) is 7.95. The molecule has 2 rings (SSSR count). The third-order valence-electron chi connectivity index (χ3n) is 11.9. The number of Topliss-reactive ketones (excluding diaryl/α,β-unsaturated/α-hetero) is 2. The van der Waals surface area contributed by atoms with E-state index in [1.54, 1.807) is 0 Å². The largest absolute Gasteiger partial charge is 0.454 e. The van der Waals surface area contributed by atoms with Crippen LogP contribution in [-0.4, -0.2) is 81.7 Å². The van der Waals surface area contributed by atoms with Gasteiger partial charge in [-0.2, -0.15) is 0 Å². The van der Waals surface area contributed by atoms with E-state index in [2.05, 4.69) is 61.9 Å². The van der Waals surface area contributed by atoms with Crippen LogP contribution in [0.1, 0.15) is 127 Å². The lowest BCUT2D eigenvalue weighted by molar-refractivity contribution is -0.156. The molecule has 7 N–H and O–H groups in total. The van der Waals surface area contributed by atoms with Gasteiger partial charge >= 0.3 is 12.1 Å². The molecule has 0 aromatic heterocycles. The molecule has 2 unspecified atom stereocenters. The van der Waals surface area contributed by atoms with Crippen molar-refractivity contribution in [2.45, 2.75) is 139 Å². The van der Waals surface area contributed by atoms with Gasteiger partial charge in [-0.05, 0) is 152 Å². The van der Waals surface area contributed by atoms with Crippen molar-refractivity contribution in [2.75, 3.05) is 45.8 Å². The zero-order valence-electron chi connectivity index (χ0n) is 42.7. The lowest BCUT2D eigenvalue weighted by Crippen LogP contribution is -2.41. The van der Waals surface area contributed by atoms with Crippen LogP contribution in [0, 0.1) is 10.8 Å². The summed E-state index contributed by atoms with van der Waals surface area (Å²) in [6, 6.07) is 0. The molecular weight excluding hydrogens is 839 g/mol. The molecule has 0 radical (unpaired) electrons. The van der Waals surface area contributed by atoms with Crippen LogP contribution in [0.4, 0.5) is 4.79 Å². The van der Waals surface area contributed by atoms with Crippen LogP contribution in [0.5, 0.6) is 0 Å². The lowest BCUT2D eigenvalue weighted by Gasteiger charge is -2.36. The first kappa shape index (κ1) is 58.2. The molecule has 11 nitrogen and oxygen atoms in total. The van der Waals surface area contributed by atoms with Crippen molar-refractivity contribution in [3.8, 4) is 0 Å². The lowest BCUT2D eigenvalue weighted by atomic mass is 9.71. The Hall–Kier alpha value is -4.94. The first-order valence-corrected chi connectivity index (χ1v) is 24.4. The van der Waals surface area contributed by atoms with Gasteiger partial charge < -0.3 is 36.9 Å². The third kappa shape index (κ3) is 22.6. The molecule has 67 heavy (non-hydrogen) atoms. The Morgan fingerprint density at radius 1 is 0.567 bits per heavy atom. The predicted molar refractivity (Wildman–Crippen MR) is 277 cm³/mol. The molecule has 0 saturated heterocycles. The summed E-state index contributed by atoms with van der Waals surface area (Å²) in [7, 11) is 0. The third-order valence-corrected chi connectivity index (χ3v) is 11.9. The number of unbranched alkanes of at least 4 members (excludes halogenated alkanes) is 2. The number of carbonyl (C=O) groups is 4. The summed E-state index contributed by atoms with van der Waals surface area (Å²) in [5.41, 5.74) is 17.8. The molecule has 0 bridgehead atoms. The summed E-state index contributed by atoms with van der Waals surface area (Å²) in [4.78, 5) is 51.5. The second-order valence-electron chi connectivity index (χ2n) is 19.1. The van der Waals surface area contributed by atoms with Crippen LogP contribution in [0.3, 0.4) is 0 Å². The molecule has 0 aromatic carbocycles. The van der Waals surface area contributed by atoms with E-state index >= 15 is 0 Å². The Bertz CT molecular complexity index is 2000. The van der Waals surface area contributed by atoms with Gasteiger partial charge in [-0.15, -0.1) is 0 Å². The molecule has 2 aliphatic rings. The van der Waals surface area contributed by atoms with Gasteiger partial charge in [-0.1, -0.05) is 135 Å². The molecule has 0 spiro atoms. The Morgan fingerprint density at radius 3 is 1.43 bits per heavy atom. The van der Waals surface area contributed by atoms with Crippen molar-refractivity contribution >= 4 is 23.6 Å². The summed E-state index contributed by atoms with van der Waals surface area (Å²) in [5.74, 6) is -0.605. The van der Waals surface area contributed by atoms with E-state index in [0.717, 1.165) is 91.7 Å². The second-order valence-corrected chi connectivity index (χ2v) is 19.1. The molecular formula is C56H85N5O6. The number of ether oxygens (including phenoxy) is 2. The molecule has 0 aliphatic heterocycles. The number of nitrogens with two attached hydrogens (primary N) is 2. The van der Waals surface area contributed by atoms with Crippen molar-refractivity contribution in [3.05, 3.63) is 130 Å². The monoisotopic (exact) mass is 924 g/mol. The maximum absolute atomic E-state index is 13.3. The summed E-state index contributed by atoms with van der Waals surface area (Å²) in [6.45, 7) is 25.3. The first-order chi connectivity index (χ1) is 31.8. The highest BCUT2D eigenvalue weighted by Crippen LogP contribution is 2.42. The number of esters is 1. The highest BCUT2D eigenvalue weighted by atomic mass is 16.6. The number of hydrogen-bond donors (Lipinski definition) is 5. The number of nitrogens with one attached hydrogen (secondary N) is 3. The van der Waals surface area contributed by atoms with Crippen LogP contribution in [0.15, 0.2) is 130 Å². The molecule has 11 heteroatoms. The van der Waals surface area contributed by atoms with Gasteiger partial charge in [0.05, 0.1) is 0 Å². The average molecular weight is 924 g/mol. The molecule has 0 fully saturated rings. The van der Waals surface area contributed by atoms with E-state index in [0.29, 0.717) is 50.0 Å². The molecule has 370 valence electrons. The first-order valence-electron chi connectivity index (χ1n) is 24.4. The molecule has 0 heterocycles. The van der Waals surface area contributed by atoms with E-state index in [4.69, 9.17) is 20.9 Å². The van der Waals surface area contributed by atoms with Gasteiger partial charge in [-0.25, -0.2) is 4.79 Å². The van der Waals surface area contributed by atoms with Crippen molar-refractivity contribution in [1.29, 1.82) is 0 Å². The average Bonchev–Trinajstić information content (AvgIpc) is 3.26.